The zero-order chi connectivity index (χ0) is 14.7. The van der Waals surface area contributed by atoms with Crippen molar-refractivity contribution in [2.45, 2.75) is 38.8 Å². The number of halogens is 1. The molecule has 0 aliphatic carbocycles. The van der Waals surface area contributed by atoms with Gasteiger partial charge in [-0.3, -0.25) is 4.90 Å². The smallest absolute Gasteiger partial charge is 0.146 e. The molecule has 1 aliphatic rings. The summed E-state index contributed by atoms with van der Waals surface area (Å²) < 4.78 is 14.3. The maximum atomic E-state index is 14.3. The second-order valence-corrected chi connectivity index (χ2v) is 5.92. The van der Waals surface area contributed by atoms with Crippen molar-refractivity contribution in [3.63, 3.8) is 0 Å². The molecule has 1 aromatic carbocycles. The first kappa shape index (κ1) is 15.3. The Morgan fingerprint density at radius 1 is 1.40 bits per heavy atom. The summed E-state index contributed by atoms with van der Waals surface area (Å²) >= 11 is 0. The largest absolute Gasteiger partial charge is 0.366 e. The molecule has 0 saturated carbocycles. The zero-order valence-electron chi connectivity index (χ0n) is 12.8. The summed E-state index contributed by atoms with van der Waals surface area (Å²) in [7, 11) is 2.15. The van der Waals surface area contributed by atoms with E-state index in [4.69, 9.17) is 5.73 Å². The molecule has 0 aromatic heterocycles. The van der Waals surface area contributed by atoms with Gasteiger partial charge in [-0.15, -0.1) is 0 Å². The van der Waals surface area contributed by atoms with Crippen molar-refractivity contribution in [3.05, 3.63) is 29.6 Å². The number of anilines is 1. The summed E-state index contributed by atoms with van der Waals surface area (Å²) in [6.45, 7) is 6.90. The van der Waals surface area contributed by atoms with Gasteiger partial charge in [0.15, 0.2) is 0 Å². The molecule has 0 amide bonds. The highest BCUT2D eigenvalue weighted by Crippen LogP contribution is 2.28. The highest BCUT2D eigenvalue weighted by molar-refractivity contribution is 5.55. The molecule has 0 spiro atoms. The summed E-state index contributed by atoms with van der Waals surface area (Å²) in [4.78, 5) is 4.56. The molecule has 20 heavy (non-hydrogen) atoms. The van der Waals surface area contributed by atoms with Crippen molar-refractivity contribution in [3.8, 4) is 0 Å². The lowest BCUT2D eigenvalue weighted by Crippen LogP contribution is -2.51. The first-order valence-corrected chi connectivity index (χ1v) is 7.51. The van der Waals surface area contributed by atoms with Crippen molar-refractivity contribution in [2.75, 3.05) is 31.6 Å². The van der Waals surface area contributed by atoms with Gasteiger partial charge in [-0.1, -0.05) is 19.1 Å². The molecule has 2 atom stereocenters. The quantitative estimate of drug-likeness (QED) is 0.917. The summed E-state index contributed by atoms with van der Waals surface area (Å²) in [5, 5.41) is 0. The third-order valence-electron chi connectivity index (χ3n) is 4.18. The molecular formula is C16H26FN3. The second-order valence-electron chi connectivity index (χ2n) is 5.92. The van der Waals surface area contributed by atoms with Gasteiger partial charge in [-0.05, 0) is 38.4 Å². The second kappa shape index (κ2) is 6.55. The molecule has 2 N–H and O–H groups in total. The molecule has 1 aliphatic heterocycles. The average Bonchev–Trinajstić information content (AvgIpc) is 2.39. The molecule has 1 heterocycles. The van der Waals surface area contributed by atoms with Gasteiger partial charge in [-0.2, -0.15) is 0 Å². The molecule has 112 valence electrons. The Hall–Kier alpha value is -1.13. The molecule has 0 radical (unpaired) electrons. The Morgan fingerprint density at radius 2 is 2.15 bits per heavy atom. The fourth-order valence-electron chi connectivity index (χ4n) is 3.02. The van der Waals surface area contributed by atoms with Crippen LogP contribution in [-0.2, 0) is 6.42 Å². The number of benzene rings is 1. The lowest BCUT2D eigenvalue weighted by Gasteiger charge is -2.41. The maximum Gasteiger partial charge on any atom is 0.146 e. The van der Waals surface area contributed by atoms with E-state index < -0.39 is 0 Å². The van der Waals surface area contributed by atoms with Crippen LogP contribution in [0, 0.1) is 5.82 Å². The van der Waals surface area contributed by atoms with Gasteiger partial charge >= 0.3 is 0 Å². The van der Waals surface area contributed by atoms with Crippen molar-refractivity contribution in [1.82, 2.24) is 4.90 Å². The SMILES string of the molecule is CCC1CN(c2c(F)cccc2CC(C)N)CCN1C. The van der Waals surface area contributed by atoms with E-state index in [1.807, 2.05) is 13.0 Å². The van der Waals surface area contributed by atoms with E-state index in [1.165, 1.54) is 0 Å². The fraction of sp³-hybridized carbons (Fsp3) is 0.625. The van der Waals surface area contributed by atoms with Crippen molar-refractivity contribution in [1.29, 1.82) is 0 Å². The van der Waals surface area contributed by atoms with Gasteiger partial charge in [0.05, 0.1) is 5.69 Å². The highest BCUT2D eigenvalue weighted by atomic mass is 19.1. The van der Waals surface area contributed by atoms with Crippen LogP contribution in [0.2, 0.25) is 0 Å². The molecular weight excluding hydrogens is 253 g/mol. The predicted molar refractivity (Wildman–Crippen MR) is 82.7 cm³/mol. The lowest BCUT2D eigenvalue weighted by atomic mass is 10.0. The van der Waals surface area contributed by atoms with Crippen LogP contribution in [0.4, 0.5) is 10.1 Å². The molecule has 2 rings (SSSR count). The van der Waals surface area contributed by atoms with E-state index in [0.29, 0.717) is 6.04 Å². The van der Waals surface area contributed by atoms with Crippen LogP contribution in [0.25, 0.3) is 0 Å². The van der Waals surface area contributed by atoms with Crippen molar-refractivity contribution < 1.29 is 4.39 Å². The van der Waals surface area contributed by atoms with Gasteiger partial charge in [0.2, 0.25) is 0 Å². The Labute approximate surface area is 121 Å². The number of hydrogen-bond donors (Lipinski definition) is 1. The van der Waals surface area contributed by atoms with E-state index in [2.05, 4.69) is 23.8 Å². The van der Waals surface area contributed by atoms with E-state index in [9.17, 15) is 4.39 Å². The summed E-state index contributed by atoms with van der Waals surface area (Å²) in [6, 6.07) is 5.88. The van der Waals surface area contributed by atoms with E-state index >= 15 is 0 Å². The van der Waals surface area contributed by atoms with Crippen LogP contribution in [0.3, 0.4) is 0 Å². The number of piperazine rings is 1. The lowest BCUT2D eigenvalue weighted by molar-refractivity contribution is 0.212. The summed E-state index contributed by atoms with van der Waals surface area (Å²) in [6.07, 6.45) is 1.81. The topological polar surface area (TPSA) is 32.5 Å². The molecule has 1 aromatic rings. The van der Waals surface area contributed by atoms with E-state index in [-0.39, 0.29) is 11.9 Å². The first-order chi connectivity index (χ1) is 9.52. The summed E-state index contributed by atoms with van der Waals surface area (Å²) in [5.41, 5.74) is 7.69. The highest BCUT2D eigenvalue weighted by Gasteiger charge is 2.26. The third-order valence-corrected chi connectivity index (χ3v) is 4.18. The van der Waals surface area contributed by atoms with Gasteiger partial charge in [0, 0.05) is 31.7 Å². The number of likely N-dealkylation sites (N-methyl/N-ethyl adjacent to an activating group) is 1. The monoisotopic (exact) mass is 279 g/mol. The molecule has 4 heteroatoms. The molecule has 3 nitrogen and oxygen atoms in total. The molecule has 1 fully saturated rings. The van der Waals surface area contributed by atoms with Crippen LogP contribution in [0.5, 0.6) is 0 Å². The third kappa shape index (κ3) is 3.30. The van der Waals surface area contributed by atoms with Crippen LogP contribution in [0.1, 0.15) is 25.8 Å². The van der Waals surface area contributed by atoms with Gasteiger partial charge in [-0.25, -0.2) is 4.39 Å². The normalized spacial score (nSPS) is 22.1. The fourth-order valence-corrected chi connectivity index (χ4v) is 3.02. The molecule has 2 unspecified atom stereocenters. The minimum Gasteiger partial charge on any atom is -0.366 e. The zero-order valence-corrected chi connectivity index (χ0v) is 12.8. The molecule has 1 saturated heterocycles. The van der Waals surface area contributed by atoms with Gasteiger partial charge in [0.25, 0.3) is 0 Å². The van der Waals surface area contributed by atoms with Crippen LogP contribution in [0.15, 0.2) is 18.2 Å². The Bertz CT molecular complexity index is 447. The van der Waals surface area contributed by atoms with E-state index in [1.54, 1.807) is 12.1 Å². The van der Waals surface area contributed by atoms with Gasteiger partial charge in [0.1, 0.15) is 5.82 Å². The van der Waals surface area contributed by atoms with Crippen molar-refractivity contribution >= 4 is 5.69 Å². The average molecular weight is 279 g/mol. The number of rotatable bonds is 4. The first-order valence-electron chi connectivity index (χ1n) is 7.51. The maximum absolute atomic E-state index is 14.3. The number of nitrogens with zero attached hydrogens (tertiary/aromatic N) is 2. The minimum absolute atomic E-state index is 0.0463. The standard InChI is InChI=1S/C16H26FN3/c1-4-14-11-20(9-8-19(14)3)16-13(10-12(2)18)6-5-7-15(16)17/h5-7,12,14H,4,8-11,18H2,1-3H3. The minimum atomic E-state index is -0.123. The Kier molecular flexibility index (Phi) is 5.00. The molecule has 0 bridgehead atoms. The Morgan fingerprint density at radius 3 is 2.80 bits per heavy atom. The van der Waals surface area contributed by atoms with Crippen LogP contribution >= 0.6 is 0 Å². The number of para-hydroxylation sites is 1. The Balaban J connectivity index is 2.27. The van der Waals surface area contributed by atoms with Crippen molar-refractivity contribution in [2.24, 2.45) is 5.73 Å². The van der Waals surface area contributed by atoms with Crippen LogP contribution in [-0.4, -0.2) is 43.7 Å². The van der Waals surface area contributed by atoms with E-state index in [0.717, 1.165) is 43.7 Å². The van der Waals surface area contributed by atoms with Gasteiger partial charge < -0.3 is 10.6 Å². The summed E-state index contributed by atoms with van der Waals surface area (Å²) in [5.74, 6) is -0.123. The van der Waals surface area contributed by atoms with Crippen LogP contribution < -0.4 is 10.6 Å². The number of hydrogen-bond acceptors (Lipinski definition) is 3. The number of nitrogens with two attached hydrogens (primary N) is 1. The predicted octanol–water partition coefficient (Wildman–Crippen LogP) is 2.25.